The summed E-state index contributed by atoms with van der Waals surface area (Å²) >= 11 is 6.33. The van der Waals surface area contributed by atoms with E-state index in [-0.39, 0.29) is 11.8 Å². The molecule has 1 saturated heterocycles. The third-order valence-electron chi connectivity index (χ3n) is 5.40. The Labute approximate surface area is 163 Å². The fraction of sp³-hybridized carbons (Fsp3) is 0.450. The van der Waals surface area contributed by atoms with Gasteiger partial charge >= 0.3 is 5.97 Å². The van der Waals surface area contributed by atoms with Gasteiger partial charge in [0.15, 0.2) is 0 Å². The third kappa shape index (κ3) is 3.34. The topological polar surface area (TPSA) is 75.4 Å². The Balaban J connectivity index is 1.86. The molecule has 2 heterocycles. The van der Waals surface area contributed by atoms with Gasteiger partial charge in [0.2, 0.25) is 0 Å². The van der Waals surface area contributed by atoms with Crippen LogP contribution in [0.4, 0.5) is 0 Å². The molecule has 1 aromatic carbocycles. The SMILES string of the molecule is CC(C)c1nn(C)c(Cl)c1C(=O)N1CCC(C(=O)O)(c2ccccc2)CC1. The monoisotopic (exact) mass is 389 g/mol. The highest BCUT2D eigenvalue weighted by atomic mass is 35.5. The van der Waals surface area contributed by atoms with Crippen LogP contribution >= 0.6 is 11.6 Å². The number of carbonyl (C=O) groups is 2. The Kier molecular flexibility index (Phi) is 5.29. The van der Waals surface area contributed by atoms with E-state index in [1.807, 2.05) is 44.2 Å². The highest BCUT2D eigenvalue weighted by Gasteiger charge is 2.44. The number of piperidine rings is 1. The first-order valence-corrected chi connectivity index (χ1v) is 9.46. The van der Waals surface area contributed by atoms with Gasteiger partial charge in [-0.3, -0.25) is 14.3 Å². The second kappa shape index (κ2) is 7.35. The molecule has 1 aromatic heterocycles. The summed E-state index contributed by atoms with van der Waals surface area (Å²) in [6, 6.07) is 9.26. The lowest BCUT2D eigenvalue weighted by Gasteiger charge is -2.39. The number of rotatable bonds is 4. The van der Waals surface area contributed by atoms with E-state index in [2.05, 4.69) is 5.10 Å². The first-order valence-electron chi connectivity index (χ1n) is 9.08. The van der Waals surface area contributed by atoms with Crippen LogP contribution in [0.1, 0.15) is 54.2 Å². The Morgan fingerprint density at radius 3 is 2.30 bits per heavy atom. The number of carboxylic acid groups (broad SMARTS) is 1. The molecule has 0 aliphatic carbocycles. The van der Waals surface area contributed by atoms with Gasteiger partial charge in [-0.05, 0) is 24.3 Å². The minimum Gasteiger partial charge on any atom is -0.481 e. The standard InChI is InChI=1S/C20H24ClN3O3/c1-13(2)16-15(17(21)23(3)22-16)18(25)24-11-9-20(10-12-24,19(26)27)14-7-5-4-6-8-14/h4-8,13H,9-12H2,1-3H3,(H,26,27). The van der Waals surface area contributed by atoms with E-state index < -0.39 is 11.4 Å². The summed E-state index contributed by atoms with van der Waals surface area (Å²) < 4.78 is 1.51. The predicted molar refractivity (Wildman–Crippen MR) is 103 cm³/mol. The third-order valence-corrected chi connectivity index (χ3v) is 5.84. The molecule has 144 valence electrons. The van der Waals surface area contributed by atoms with Crippen molar-refractivity contribution in [2.24, 2.45) is 7.05 Å². The average molecular weight is 390 g/mol. The molecule has 1 N–H and O–H groups in total. The van der Waals surface area contributed by atoms with Gasteiger partial charge in [-0.25, -0.2) is 0 Å². The lowest BCUT2D eigenvalue weighted by Crippen LogP contribution is -2.49. The minimum atomic E-state index is -0.961. The summed E-state index contributed by atoms with van der Waals surface area (Å²) in [4.78, 5) is 26.9. The number of benzene rings is 1. The van der Waals surface area contributed by atoms with Crippen LogP contribution < -0.4 is 0 Å². The quantitative estimate of drug-likeness (QED) is 0.868. The van der Waals surface area contributed by atoms with Crippen LogP contribution in [0.15, 0.2) is 30.3 Å². The number of aromatic nitrogens is 2. The minimum absolute atomic E-state index is 0.0647. The van der Waals surface area contributed by atoms with Crippen LogP contribution in [0, 0.1) is 0 Å². The predicted octanol–water partition coefficient (Wildman–Crippen LogP) is 3.46. The fourth-order valence-corrected chi connectivity index (χ4v) is 3.97. The van der Waals surface area contributed by atoms with Crippen LogP contribution in [0.2, 0.25) is 5.15 Å². The van der Waals surface area contributed by atoms with Crippen molar-refractivity contribution in [2.45, 2.75) is 38.0 Å². The zero-order chi connectivity index (χ0) is 19.8. The van der Waals surface area contributed by atoms with Crippen molar-refractivity contribution < 1.29 is 14.7 Å². The Morgan fingerprint density at radius 2 is 1.78 bits per heavy atom. The molecule has 6 nitrogen and oxygen atoms in total. The molecule has 1 aliphatic heterocycles. The Hall–Kier alpha value is -2.34. The number of carbonyl (C=O) groups excluding carboxylic acids is 1. The van der Waals surface area contributed by atoms with Gasteiger partial charge in [-0.1, -0.05) is 55.8 Å². The Bertz CT molecular complexity index is 853. The smallest absolute Gasteiger partial charge is 0.314 e. The van der Waals surface area contributed by atoms with Crippen molar-refractivity contribution in [1.29, 1.82) is 0 Å². The Morgan fingerprint density at radius 1 is 1.19 bits per heavy atom. The van der Waals surface area contributed by atoms with Crippen LogP contribution in [0.25, 0.3) is 0 Å². The number of amides is 1. The molecule has 0 unspecified atom stereocenters. The van der Waals surface area contributed by atoms with Crippen molar-refractivity contribution in [3.8, 4) is 0 Å². The van der Waals surface area contributed by atoms with Gasteiger partial charge in [-0.2, -0.15) is 5.10 Å². The fourth-order valence-electron chi connectivity index (χ4n) is 3.76. The first kappa shape index (κ1) is 19.4. The van der Waals surface area contributed by atoms with Gasteiger partial charge in [0.25, 0.3) is 5.91 Å². The molecule has 0 spiro atoms. The van der Waals surface area contributed by atoms with E-state index in [1.54, 1.807) is 11.9 Å². The summed E-state index contributed by atoms with van der Waals surface area (Å²) in [6.07, 6.45) is 0.736. The van der Waals surface area contributed by atoms with Crippen molar-refractivity contribution in [3.05, 3.63) is 52.3 Å². The van der Waals surface area contributed by atoms with Crippen LogP contribution in [0.3, 0.4) is 0 Å². The normalized spacial score (nSPS) is 16.6. The van der Waals surface area contributed by atoms with Crippen molar-refractivity contribution in [2.75, 3.05) is 13.1 Å². The van der Waals surface area contributed by atoms with Gasteiger partial charge < -0.3 is 10.0 Å². The molecular formula is C20H24ClN3O3. The number of carboxylic acids is 1. The molecule has 3 rings (SSSR count). The highest BCUT2D eigenvalue weighted by molar-refractivity contribution is 6.33. The lowest BCUT2D eigenvalue weighted by atomic mass is 9.72. The van der Waals surface area contributed by atoms with Gasteiger partial charge in [0, 0.05) is 20.1 Å². The molecule has 2 aromatic rings. The van der Waals surface area contributed by atoms with E-state index >= 15 is 0 Å². The van der Waals surface area contributed by atoms with E-state index in [0.29, 0.717) is 42.3 Å². The second-order valence-corrected chi connectivity index (χ2v) is 7.73. The van der Waals surface area contributed by atoms with E-state index in [9.17, 15) is 14.7 Å². The molecule has 0 radical (unpaired) electrons. The number of aliphatic carboxylic acids is 1. The summed E-state index contributed by atoms with van der Waals surface area (Å²) in [6.45, 7) is 4.67. The molecule has 0 atom stereocenters. The maximum absolute atomic E-state index is 13.1. The van der Waals surface area contributed by atoms with Crippen LogP contribution in [-0.4, -0.2) is 44.8 Å². The molecule has 1 aliphatic rings. The number of nitrogens with zero attached hydrogens (tertiary/aromatic N) is 3. The molecule has 7 heteroatoms. The maximum atomic E-state index is 13.1. The summed E-state index contributed by atoms with van der Waals surface area (Å²) in [5, 5.41) is 14.6. The molecule has 0 bridgehead atoms. The zero-order valence-corrected chi connectivity index (χ0v) is 16.5. The zero-order valence-electron chi connectivity index (χ0n) is 15.8. The lowest BCUT2D eigenvalue weighted by molar-refractivity contribution is -0.145. The molecule has 1 amide bonds. The summed E-state index contributed by atoms with van der Waals surface area (Å²) in [5.74, 6) is -0.957. The van der Waals surface area contributed by atoms with Crippen molar-refractivity contribution in [3.63, 3.8) is 0 Å². The number of aryl methyl sites for hydroxylation is 1. The molecule has 1 fully saturated rings. The maximum Gasteiger partial charge on any atom is 0.314 e. The second-order valence-electron chi connectivity index (χ2n) is 7.37. The van der Waals surface area contributed by atoms with Gasteiger partial charge in [-0.15, -0.1) is 0 Å². The van der Waals surface area contributed by atoms with E-state index in [1.165, 1.54) is 4.68 Å². The summed E-state index contributed by atoms with van der Waals surface area (Å²) in [7, 11) is 1.71. The van der Waals surface area contributed by atoms with E-state index in [4.69, 9.17) is 11.6 Å². The number of halogens is 1. The highest BCUT2D eigenvalue weighted by Crippen LogP contribution is 2.37. The van der Waals surface area contributed by atoms with Crippen molar-refractivity contribution >= 4 is 23.5 Å². The van der Waals surface area contributed by atoms with Gasteiger partial charge in [0.1, 0.15) is 5.15 Å². The van der Waals surface area contributed by atoms with Crippen molar-refractivity contribution in [1.82, 2.24) is 14.7 Å². The number of likely N-dealkylation sites (tertiary alicyclic amines) is 1. The van der Waals surface area contributed by atoms with Crippen LogP contribution in [-0.2, 0) is 17.3 Å². The van der Waals surface area contributed by atoms with Crippen LogP contribution in [0.5, 0.6) is 0 Å². The number of hydrogen-bond acceptors (Lipinski definition) is 3. The first-order chi connectivity index (χ1) is 12.8. The molecule has 27 heavy (non-hydrogen) atoms. The number of hydrogen-bond donors (Lipinski definition) is 1. The molecule has 0 saturated carbocycles. The van der Waals surface area contributed by atoms with Gasteiger partial charge in [0.05, 0.1) is 16.7 Å². The summed E-state index contributed by atoms with van der Waals surface area (Å²) in [5.41, 5.74) is 0.923. The van der Waals surface area contributed by atoms with E-state index in [0.717, 1.165) is 5.56 Å². The largest absolute Gasteiger partial charge is 0.481 e. The molecular weight excluding hydrogens is 366 g/mol. The average Bonchev–Trinajstić information content (AvgIpc) is 2.97.